The maximum Gasteiger partial charge on any atom is 0.332 e. The zero-order chi connectivity index (χ0) is 19.4. The monoisotopic (exact) mass is 404 g/mol. The summed E-state index contributed by atoms with van der Waals surface area (Å²) < 4.78 is 32.6. The van der Waals surface area contributed by atoms with Crippen LogP contribution in [0.1, 0.15) is 21.8 Å². The van der Waals surface area contributed by atoms with Crippen molar-refractivity contribution in [2.24, 2.45) is 0 Å². The van der Waals surface area contributed by atoms with Crippen LogP contribution in [0.2, 0.25) is 0 Å². The largest absolute Gasteiger partial charge is 0.467 e. The Labute approximate surface area is 162 Å². The van der Waals surface area contributed by atoms with Gasteiger partial charge in [0.15, 0.2) is 0 Å². The molecule has 0 aliphatic carbocycles. The molecule has 0 saturated heterocycles. The van der Waals surface area contributed by atoms with Crippen molar-refractivity contribution in [3.05, 3.63) is 75.9 Å². The number of nitrogens with zero attached hydrogens (tertiary/aromatic N) is 1. The van der Waals surface area contributed by atoms with Crippen LogP contribution in [-0.4, -0.2) is 19.3 Å². The lowest BCUT2D eigenvalue weighted by molar-refractivity contribution is 0.193. The normalized spacial score (nSPS) is 11.3. The summed E-state index contributed by atoms with van der Waals surface area (Å²) in [5.41, 5.74) is 1.99. The maximum atomic E-state index is 12.8. The second-order valence-corrected chi connectivity index (χ2v) is 8.87. The molecule has 1 N–H and O–H groups in total. The van der Waals surface area contributed by atoms with Gasteiger partial charge in [0.1, 0.15) is 5.76 Å². The molecule has 0 aliphatic heterocycles. The SMILES string of the molecule is Cc1ccc(S(=O)(=O)NC(=O)N(Cc2ccco2)Cc2sccc2C)cc1. The lowest BCUT2D eigenvalue weighted by atomic mass is 10.2. The number of carbonyl (C=O) groups excluding carboxylic acids is 1. The van der Waals surface area contributed by atoms with Gasteiger partial charge < -0.3 is 9.32 Å². The van der Waals surface area contributed by atoms with Gasteiger partial charge >= 0.3 is 6.03 Å². The van der Waals surface area contributed by atoms with Gasteiger partial charge in [-0.3, -0.25) is 0 Å². The van der Waals surface area contributed by atoms with Gasteiger partial charge in [-0.2, -0.15) is 0 Å². The molecule has 2 aromatic heterocycles. The van der Waals surface area contributed by atoms with E-state index in [-0.39, 0.29) is 11.4 Å². The summed E-state index contributed by atoms with van der Waals surface area (Å²) in [4.78, 5) is 15.2. The van der Waals surface area contributed by atoms with Crippen molar-refractivity contribution >= 4 is 27.4 Å². The molecule has 0 unspecified atom stereocenters. The van der Waals surface area contributed by atoms with Crippen molar-refractivity contribution in [1.82, 2.24) is 9.62 Å². The molecule has 0 bridgehead atoms. The minimum absolute atomic E-state index is 0.0479. The van der Waals surface area contributed by atoms with Crippen LogP contribution < -0.4 is 4.72 Å². The van der Waals surface area contributed by atoms with Crippen LogP contribution in [0.25, 0.3) is 0 Å². The summed E-state index contributed by atoms with van der Waals surface area (Å²) in [6.45, 7) is 4.28. The van der Waals surface area contributed by atoms with Gasteiger partial charge in [-0.25, -0.2) is 17.9 Å². The highest BCUT2D eigenvalue weighted by atomic mass is 32.2. The van der Waals surface area contributed by atoms with E-state index in [4.69, 9.17) is 4.42 Å². The van der Waals surface area contributed by atoms with Crippen molar-refractivity contribution in [3.63, 3.8) is 0 Å². The molecule has 2 amide bonds. The molecule has 2 heterocycles. The minimum atomic E-state index is -3.96. The fourth-order valence-electron chi connectivity index (χ4n) is 2.49. The number of aryl methyl sites for hydroxylation is 2. The Hall–Kier alpha value is -2.58. The van der Waals surface area contributed by atoms with E-state index < -0.39 is 16.1 Å². The number of rotatable bonds is 6. The molecule has 142 valence electrons. The first-order chi connectivity index (χ1) is 12.8. The second-order valence-electron chi connectivity index (χ2n) is 6.19. The zero-order valence-corrected chi connectivity index (χ0v) is 16.6. The van der Waals surface area contributed by atoms with E-state index in [0.717, 1.165) is 16.0 Å². The molecule has 0 radical (unpaired) electrons. The molecular weight excluding hydrogens is 384 g/mol. The summed E-state index contributed by atoms with van der Waals surface area (Å²) in [7, 11) is -3.96. The van der Waals surface area contributed by atoms with Crippen LogP contribution in [0, 0.1) is 13.8 Å². The molecular formula is C19H20N2O4S2. The average molecular weight is 405 g/mol. The number of carbonyl (C=O) groups is 1. The molecule has 3 rings (SSSR count). The minimum Gasteiger partial charge on any atom is -0.467 e. The highest BCUT2D eigenvalue weighted by Crippen LogP contribution is 2.20. The molecule has 1 aromatic carbocycles. The standard InChI is InChI=1S/C19H20N2O4S2/c1-14-5-7-17(8-6-14)27(23,24)20-19(22)21(12-16-4-3-10-25-16)13-18-15(2)9-11-26-18/h3-11H,12-13H2,1-2H3,(H,20,22). The Bertz CT molecular complexity index is 1010. The summed E-state index contributed by atoms with van der Waals surface area (Å²) in [6, 6.07) is 11.1. The fraction of sp³-hybridized carbons (Fsp3) is 0.211. The summed E-state index contributed by atoms with van der Waals surface area (Å²) in [5, 5.41) is 1.94. The van der Waals surface area contributed by atoms with Gasteiger partial charge in [0.05, 0.1) is 24.2 Å². The second kappa shape index (κ2) is 7.98. The first-order valence-electron chi connectivity index (χ1n) is 8.29. The number of nitrogens with one attached hydrogen (secondary N) is 1. The van der Waals surface area contributed by atoms with Crippen LogP contribution in [0.4, 0.5) is 4.79 Å². The molecule has 27 heavy (non-hydrogen) atoms. The Morgan fingerprint density at radius 2 is 1.85 bits per heavy atom. The topological polar surface area (TPSA) is 79.6 Å². The van der Waals surface area contributed by atoms with E-state index >= 15 is 0 Å². The molecule has 0 fully saturated rings. The van der Waals surface area contributed by atoms with Crippen molar-refractivity contribution in [2.75, 3.05) is 0 Å². The molecule has 0 spiro atoms. The number of urea groups is 1. The van der Waals surface area contributed by atoms with Gasteiger partial charge in [-0.05, 0) is 55.1 Å². The highest BCUT2D eigenvalue weighted by molar-refractivity contribution is 7.90. The molecule has 8 heteroatoms. The molecule has 0 saturated carbocycles. The van der Waals surface area contributed by atoms with Crippen molar-refractivity contribution in [3.8, 4) is 0 Å². The summed E-state index contributed by atoms with van der Waals surface area (Å²) in [6.07, 6.45) is 1.52. The number of hydrogen-bond donors (Lipinski definition) is 1. The summed E-state index contributed by atoms with van der Waals surface area (Å²) >= 11 is 1.52. The van der Waals surface area contributed by atoms with Crippen LogP contribution in [-0.2, 0) is 23.1 Å². The third kappa shape index (κ3) is 4.78. The number of furan rings is 1. The van der Waals surface area contributed by atoms with Gasteiger partial charge in [-0.1, -0.05) is 17.7 Å². The first-order valence-corrected chi connectivity index (χ1v) is 10.7. The predicted molar refractivity (Wildman–Crippen MR) is 104 cm³/mol. The Balaban J connectivity index is 1.81. The third-order valence-corrected chi connectivity index (χ3v) is 6.41. The van der Waals surface area contributed by atoms with Crippen LogP contribution >= 0.6 is 11.3 Å². The van der Waals surface area contributed by atoms with Crippen LogP contribution in [0.3, 0.4) is 0 Å². The van der Waals surface area contributed by atoms with E-state index in [0.29, 0.717) is 12.3 Å². The van der Waals surface area contributed by atoms with Gasteiger partial charge in [0, 0.05) is 4.88 Å². The molecule has 6 nitrogen and oxygen atoms in total. The number of hydrogen-bond acceptors (Lipinski definition) is 5. The number of thiophene rings is 1. The fourth-order valence-corrected chi connectivity index (χ4v) is 4.38. The molecule has 0 atom stereocenters. The number of benzene rings is 1. The lowest BCUT2D eigenvalue weighted by Gasteiger charge is -2.22. The van der Waals surface area contributed by atoms with E-state index in [1.165, 1.54) is 34.6 Å². The van der Waals surface area contributed by atoms with Crippen molar-refractivity contribution < 1.29 is 17.6 Å². The van der Waals surface area contributed by atoms with Gasteiger partial charge in [0.25, 0.3) is 10.0 Å². The third-order valence-electron chi connectivity index (χ3n) is 4.07. The van der Waals surface area contributed by atoms with E-state index in [1.807, 2.05) is 25.3 Å². The Kier molecular flexibility index (Phi) is 5.67. The zero-order valence-electron chi connectivity index (χ0n) is 15.0. The smallest absolute Gasteiger partial charge is 0.332 e. The van der Waals surface area contributed by atoms with E-state index in [1.54, 1.807) is 24.3 Å². The summed E-state index contributed by atoms with van der Waals surface area (Å²) in [5.74, 6) is 0.576. The Morgan fingerprint density at radius 3 is 2.44 bits per heavy atom. The molecule has 0 aliphatic rings. The van der Waals surface area contributed by atoms with Crippen molar-refractivity contribution in [1.29, 1.82) is 0 Å². The highest BCUT2D eigenvalue weighted by Gasteiger charge is 2.23. The van der Waals surface area contributed by atoms with Gasteiger partial charge in [-0.15, -0.1) is 11.3 Å². The Morgan fingerprint density at radius 1 is 1.11 bits per heavy atom. The van der Waals surface area contributed by atoms with E-state index in [9.17, 15) is 13.2 Å². The first kappa shape index (κ1) is 19.2. The van der Waals surface area contributed by atoms with E-state index in [2.05, 4.69) is 4.72 Å². The maximum absolute atomic E-state index is 12.8. The number of amides is 2. The average Bonchev–Trinajstić information content (AvgIpc) is 3.26. The lowest BCUT2D eigenvalue weighted by Crippen LogP contribution is -2.42. The van der Waals surface area contributed by atoms with Crippen LogP contribution in [0.5, 0.6) is 0 Å². The quantitative estimate of drug-likeness (QED) is 0.672. The predicted octanol–water partition coefficient (Wildman–Crippen LogP) is 4.06. The molecule has 3 aromatic rings. The van der Waals surface area contributed by atoms with Gasteiger partial charge in [0.2, 0.25) is 0 Å². The van der Waals surface area contributed by atoms with Crippen molar-refractivity contribution in [2.45, 2.75) is 31.8 Å². The number of sulfonamides is 1. The van der Waals surface area contributed by atoms with Crippen LogP contribution in [0.15, 0.2) is 63.4 Å².